The number of hydrogen-bond donors (Lipinski definition) is 4. The first-order valence-electron chi connectivity index (χ1n) is 14.9. The molecule has 0 radical (unpaired) electrons. The van der Waals surface area contributed by atoms with Crippen molar-refractivity contribution in [3.8, 4) is 5.75 Å². The number of hydrogen-bond acceptors (Lipinski definition) is 8. The zero-order chi connectivity index (χ0) is 33.6. The molecular formula is C33H46N4O8. The van der Waals surface area contributed by atoms with Crippen LogP contribution in [0.3, 0.4) is 0 Å². The van der Waals surface area contributed by atoms with Crippen molar-refractivity contribution in [3.63, 3.8) is 0 Å². The van der Waals surface area contributed by atoms with E-state index in [0.717, 1.165) is 16.9 Å². The van der Waals surface area contributed by atoms with E-state index in [0.29, 0.717) is 13.0 Å². The van der Waals surface area contributed by atoms with Crippen molar-refractivity contribution in [1.82, 2.24) is 16.0 Å². The maximum atomic E-state index is 13.6. The van der Waals surface area contributed by atoms with Gasteiger partial charge in [-0.2, -0.15) is 0 Å². The molecule has 0 saturated heterocycles. The number of rotatable bonds is 16. The number of ether oxygens (including phenoxy) is 3. The third-order valence-corrected chi connectivity index (χ3v) is 6.44. The summed E-state index contributed by atoms with van der Waals surface area (Å²) in [6, 6.07) is 13.4. The van der Waals surface area contributed by atoms with Crippen LogP contribution >= 0.6 is 0 Å². The van der Waals surface area contributed by atoms with Crippen LogP contribution in [0.2, 0.25) is 0 Å². The maximum absolute atomic E-state index is 13.6. The lowest BCUT2D eigenvalue weighted by Gasteiger charge is -2.26. The molecule has 0 aromatic heterocycles. The Morgan fingerprint density at radius 1 is 0.800 bits per heavy atom. The Bertz CT molecular complexity index is 1280. The number of nitrogens with one attached hydrogen (secondary N) is 3. The fraction of sp³-hybridized carbons (Fsp3) is 0.485. The van der Waals surface area contributed by atoms with Crippen LogP contribution in [0.1, 0.15) is 65.0 Å². The second-order valence-electron chi connectivity index (χ2n) is 12.1. The molecule has 2 rings (SSSR count). The molecule has 0 unspecified atom stereocenters. The average Bonchev–Trinajstić information content (AvgIpc) is 2.96. The van der Waals surface area contributed by atoms with E-state index in [4.69, 9.17) is 19.9 Å². The summed E-state index contributed by atoms with van der Waals surface area (Å²) >= 11 is 0. The molecule has 2 aromatic carbocycles. The fourth-order valence-electron chi connectivity index (χ4n) is 4.28. The molecule has 0 spiro atoms. The highest BCUT2D eigenvalue weighted by Gasteiger charge is 2.31. The number of nitrogens with two attached hydrogens (primary N) is 1. The number of methoxy groups -OCH3 is 1. The number of primary amides is 1. The van der Waals surface area contributed by atoms with E-state index in [-0.39, 0.29) is 25.2 Å². The summed E-state index contributed by atoms with van der Waals surface area (Å²) in [6.45, 7) is 9.17. The van der Waals surface area contributed by atoms with E-state index < -0.39 is 53.5 Å². The monoisotopic (exact) mass is 626 g/mol. The summed E-state index contributed by atoms with van der Waals surface area (Å²) in [5, 5.41) is 7.83. The minimum atomic E-state index is -1.23. The Balaban J connectivity index is 2.24. The third kappa shape index (κ3) is 14.1. The van der Waals surface area contributed by atoms with Gasteiger partial charge in [0.15, 0.2) is 0 Å². The quantitative estimate of drug-likeness (QED) is 0.206. The highest BCUT2D eigenvalue weighted by atomic mass is 16.6. The van der Waals surface area contributed by atoms with Gasteiger partial charge in [0.1, 0.15) is 36.1 Å². The number of benzene rings is 2. The van der Waals surface area contributed by atoms with Gasteiger partial charge in [-0.3, -0.25) is 14.4 Å². The van der Waals surface area contributed by atoms with Crippen LogP contribution in [0.25, 0.3) is 0 Å². The first-order chi connectivity index (χ1) is 21.2. The van der Waals surface area contributed by atoms with Gasteiger partial charge in [0.2, 0.25) is 17.7 Å². The van der Waals surface area contributed by atoms with Crippen LogP contribution in [0.4, 0.5) is 4.79 Å². The number of esters is 1. The lowest BCUT2D eigenvalue weighted by molar-refractivity contribution is -0.146. The van der Waals surface area contributed by atoms with Crippen LogP contribution in [-0.4, -0.2) is 60.6 Å². The van der Waals surface area contributed by atoms with Gasteiger partial charge in [0.05, 0.1) is 7.11 Å². The highest BCUT2D eigenvalue weighted by molar-refractivity contribution is 5.93. The third-order valence-electron chi connectivity index (χ3n) is 6.44. The minimum absolute atomic E-state index is 0.0479. The molecule has 246 valence electrons. The Labute approximate surface area is 264 Å². The van der Waals surface area contributed by atoms with Crippen LogP contribution in [0.15, 0.2) is 54.6 Å². The summed E-state index contributed by atoms with van der Waals surface area (Å²) in [4.78, 5) is 63.5. The van der Waals surface area contributed by atoms with E-state index in [9.17, 15) is 24.0 Å². The zero-order valence-corrected chi connectivity index (χ0v) is 26.9. The molecule has 0 saturated carbocycles. The van der Waals surface area contributed by atoms with Crippen LogP contribution in [0.5, 0.6) is 5.75 Å². The van der Waals surface area contributed by atoms with E-state index in [1.807, 2.05) is 68.4 Å². The molecule has 5 N–H and O–H groups in total. The van der Waals surface area contributed by atoms with E-state index in [2.05, 4.69) is 16.0 Å². The van der Waals surface area contributed by atoms with Crippen molar-refractivity contribution in [2.24, 2.45) is 11.7 Å². The molecule has 12 nitrogen and oxygen atoms in total. The molecule has 45 heavy (non-hydrogen) atoms. The van der Waals surface area contributed by atoms with Crippen molar-refractivity contribution in [3.05, 3.63) is 65.7 Å². The summed E-state index contributed by atoms with van der Waals surface area (Å²) < 4.78 is 16.0. The van der Waals surface area contributed by atoms with Crippen LogP contribution in [0, 0.1) is 5.92 Å². The van der Waals surface area contributed by atoms with Crippen LogP contribution in [-0.2, 0) is 41.7 Å². The standard InChI is InChI=1S/C33H46N4O8/c1-21(2)18-27(31(41)43-6)36-29(39)25(16-17-28(34)38)35-30(40)26(37-32(42)45-33(3,4)5)19-22-12-14-23(15-13-22)20-44-24-10-8-7-9-11-24/h7-15,21,25-27H,16-20H2,1-6H3,(H2,34,38)(H,35,40)(H,36,39)(H,37,42)/t25-,26+,27-/m0/s1. The Morgan fingerprint density at radius 3 is 1.93 bits per heavy atom. The van der Waals surface area contributed by atoms with Crippen molar-refractivity contribution >= 4 is 29.8 Å². The summed E-state index contributed by atoms with van der Waals surface area (Å²) in [7, 11) is 1.21. The molecule has 2 aromatic rings. The summed E-state index contributed by atoms with van der Waals surface area (Å²) in [5.41, 5.74) is 6.11. The number of amides is 4. The Morgan fingerprint density at radius 2 is 1.38 bits per heavy atom. The first kappa shape index (κ1) is 36.6. The Kier molecular flexibility index (Phi) is 14.3. The van der Waals surface area contributed by atoms with Crippen molar-refractivity contribution in [2.45, 2.75) is 90.6 Å². The lowest BCUT2D eigenvalue weighted by atomic mass is 10.0. The van der Waals surface area contributed by atoms with Gasteiger partial charge >= 0.3 is 12.1 Å². The largest absolute Gasteiger partial charge is 0.489 e. The van der Waals surface area contributed by atoms with Gasteiger partial charge in [-0.25, -0.2) is 9.59 Å². The molecule has 0 aliphatic heterocycles. The van der Waals surface area contributed by atoms with Crippen molar-refractivity contribution < 1.29 is 38.2 Å². The molecule has 3 atom stereocenters. The van der Waals surface area contributed by atoms with Gasteiger partial charge in [0, 0.05) is 12.8 Å². The van der Waals surface area contributed by atoms with Crippen molar-refractivity contribution in [2.75, 3.05) is 7.11 Å². The molecule has 0 aliphatic carbocycles. The minimum Gasteiger partial charge on any atom is -0.489 e. The average molecular weight is 627 g/mol. The molecule has 12 heteroatoms. The molecule has 0 bridgehead atoms. The lowest BCUT2D eigenvalue weighted by Crippen LogP contribution is -2.56. The van der Waals surface area contributed by atoms with Crippen molar-refractivity contribution in [1.29, 1.82) is 0 Å². The second kappa shape index (κ2) is 17.6. The van der Waals surface area contributed by atoms with Gasteiger partial charge < -0.3 is 35.9 Å². The predicted molar refractivity (Wildman–Crippen MR) is 168 cm³/mol. The maximum Gasteiger partial charge on any atom is 0.408 e. The number of para-hydroxylation sites is 1. The molecule has 0 heterocycles. The summed E-state index contributed by atoms with van der Waals surface area (Å²) in [5.74, 6) is -1.92. The van der Waals surface area contributed by atoms with Crippen LogP contribution < -0.4 is 26.4 Å². The van der Waals surface area contributed by atoms with Gasteiger partial charge in [0.25, 0.3) is 0 Å². The number of carbonyl (C=O) groups is 5. The second-order valence-corrected chi connectivity index (χ2v) is 12.1. The normalized spacial score (nSPS) is 13.1. The molecular weight excluding hydrogens is 580 g/mol. The first-order valence-corrected chi connectivity index (χ1v) is 14.9. The van der Waals surface area contributed by atoms with E-state index in [1.165, 1.54) is 7.11 Å². The SMILES string of the molecule is COC(=O)[C@H](CC(C)C)NC(=O)[C@H](CCC(N)=O)NC(=O)[C@@H](Cc1ccc(COc2ccccc2)cc1)NC(=O)OC(C)(C)C. The smallest absolute Gasteiger partial charge is 0.408 e. The van der Waals surface area contributed by atoms with Gasteiger partial charge in [-0.15, -0.1) is 0 Å². The highest BCUT2D eigenvalue weighted by Crippen LogP contribution is 2.15. The zero-order valence-electron chi connectivity index (χ0n) is 26.9. The number of carbonyl (C=O) groups excluding carboxylic acids is 5. The van der Waals surface area contributed by atoms with Gasteiger partial charge in [-0.1, -0.05) is 56.3 Å². The Hall–Kier alpha value is -4.61. The molecule has 0 aliphatic rings. The van der Waals surface area contributed by atoms with E-state index >= 15 is 0 Å². The molecule has 0 fully saturated rings. The fourth-order valence-corrected chi connectivity index (χ4v) is 4.28. The predicted octanol–water partition coefficient (Wildman–Crippen LogP) is 3.16. The summed E-state index contributed by atoms with van der Waals surface area (Å²) in [6.07, 6.45) is -0.798. The molecule has 4 amide bonds. The number of alkyl carbamates (subject to hydrolysis) is 1. The van der Waals surface area contributed by atoms with E-state index in [1.54, 1.807) is 20.8 Å². The topological polar surface area (TPSA) is 175 Å². The van der Waals surface area contributed by atoms with Gasteiger partial charge in [-0.05, 0) is 62.8 Å².